The molecule has 0 aliphatic carbocycles. The maximum atomic E-state index is 12.6. The van der Waals surface area contributed by atoms with Crippen LogP contribution < -0.4 is 4.72 Å². The van der Waals surface area contributed by atoms with Crippen molar-refractivity contribution in [1.29, 1.82) is 0 Å². The maximum Gasteiger partial charge on any atom is 0.416 e. The molecule has 1 aliphatic rings. The Labute approximate surface area is 121 Å². The lowest BCUT2D eigenvalue weighted by Gasteiger charge is -2.12. The van der Waals surface area contributed by atoms with Gasteiger partial charge in [-0.25, -0.2) is 13.1 Å². The van der Waals surface area contributed by atoms with Crippen LogP contribution in [0.25, 0.3) is 0 Å². The Bertz CT molecular complexity index is 581. The summed E-state index contributed by atoms with van der Waals surface area (Å²) in [7, 11) is -3.94. The van der Waals surface area contributed by atoms with Crippen molar-refractivity contribution in [1.82, 2.24) is 4.72 Å². The first-order valence-corrected chi connectivity index (χ1v) is 8.06. The van der Waals surface area contributed by atoms with E-state index in [9.17, 15) is 21.6 Å². The summed E-state index contributed by atoms with van der Waals surface area (Å²) in [5, 5.41) is 0. The molecule has 1 aromatic rings. The predicted octanol–water partition coefficient (Wildman–Crippen LogP) is 2.55. The van der Waals surface area contributed by atoms with E-state index in [-0.39, 0.29) is 17.5 Å². The van der Waals surface area contributed by atoms with E-state index in [1.165, 1.54) is 0 Å². The van der Waals surface area contributed by atoms with Gasteiger partial charge in [-0.2, -0.15) is 13.2 Å². The summed E-state index contributed by atoms with van der Waals surface area (Å²) in [5.74, 6) is 0. The molecule has 0 spiro atoms. The minimum absolute atomic E-state index is 0.0224. The van der Waals surface area contributed by atoms with Crippen molar-refractivity contribution in [3.63, 3.8) is 0 Å². The van der Waals surface area contributed by atoms with Crippen LogP contribution in [0.1, 0.15) is 24.8 Å². The van der Waals surface area contributed by atoms with Gasteiger partial charge >= 0.3 is 6.18 Å². The highest BCUT2D eigenvalue weighted by atomic mass is 32.2. The van der Waals surface area contributed by atoms with Crippen LogP contribution in [-0.4, -0.2) is 27.7 Å². The van der Waals surface area contributed by atoms with Crippen molar-refractivity contribution in [2.45, 2.75) is 36.4 Å². The second-order valence-electron chi connectivity index (χ2n) is 4.85. The summed E-state index contributed by atoms with van der Waals surface area (Å²) in [4.78, 5) is -0.385. The average molecular weight is 323 g/mol. The lowest BCUT2D eigenvalue weighted by atomic mass is 10.2. The van der Waals surface area contributed by atoms with Crippen LogP contribution in [-0.2, 0) is 20.9 Å². The number of halogens is 3. The first kappa shape index (κ1) is 16.3. The van der Waals surface area contributed by atoms with Gasteiger partial charge in [0, 0.05) is 13.2 Å². The normalized spacial score (nSPS) is 19.9. The van der Waals surface area contributed by atoms with Crippen molar-refractivity contribution in [3.05, 3.63) is 29.8 Å². The number of hydrogen-bond donors (Lipinski definition) is 1. The van der Waals surface area contributed by atoms with Crippen LogP contribution in [0.4, 0.5) is 13.2 Å². The summed E-state index contributed by atoms with van der Waals surface area (Å²) in [6.45, 7) is 0.814. The Morgan fingerprint density at radius 3 is 2.71 bits per heavy atom. The topological polar surface area (TPSA) is 55.4 Å². The number of rotatable bonds is 5. The molecule has 0 aromatic heterocycles. The number of hydrogen-bond acceptors (Lipinski definition) is 3. The number of nitrogens with one attached hydrogen (secondary N) is 1. The molecule has 21 heavy (non-hydrogen) atoms. The lowest BCUT2D eigenvalue weighted by Crippen LogP contribution is -2.27. The molecule has 1 saturated heterocycles. The van der Waals surface area contributed by atoms with Crippen LogP contribution in [0.2, 0.25) is 0 Å². The molecule has 0 saturated carbocycles. The van der Waals surface area contributed by atoms with E-state index in [1.54, 1.807) is 0 Å². The zero-order chi connectivity index (χ0) is 15.5. The first-order valence-electron chi connectivity index (χ1n) is 6.57. The van der Waals surface area contributed by atoms with Gasteiger partial charge in [0.25, 0.3) is 0 Å². The Morgan fingerprint density at radius 2 is 2.10 bits per heavy atom. The van der Waals surface area contributed by atoms with Gasteiger partial charge in [-0.3, -0.25) is 0 Å². The molecular formula is C13H16F3NO3S. The molecule has 1 atom stereocenters. The SMILES string of the molecule is O=S(=O)(NCC[C@H]1CCCO1)c1cccc(C(F)(F)F)c1. The van der Waals surface area contributed by atoms with Crippen LogP contribution in [0, 0.1) is 0 Å². The standard InChI is InChI=1S/C13H16F3NO3S/c14-13(15,16)10-3-1-5-12(9-10)21(18,19)17-7-6-11-4-2-8-20-11/h1,3,5,9,11,17H,2,4,6-8H2/t11-/m1/s1. The molecule has 1 aromatic carbocycles. The summed E-state index contributed by atoms with van der Waals surface area (Å²) < 4.78 is 69.3. The third-order valence-corrected chi connectivity index (χ3v) is 4.71. The molecular weight excluding hydrogens is 307 g/mol. The fourth-order valence-corrected chi connectivity index (χ4v) is 3.24. The van der Waals surface area contributed by atoms with Crippen molar-refractivity contribution in [3.8, 4) is 0 Å². The van der Waals surface area contributed by atoms with Crippen molar-refractivity contribution in [2.24, 2.45) is 0 Å². The van der Waals surface area contributed by atoms with E-state index >= 15 is 0 Å². The third kappa shape index (κ3) is 4.42. The molecule has 2 rings (SSSR count). The summed E-state index contributed by atoms with van der Waals surface area (Å²) in [6, 6.07) is 3.70. The smallest absolute Gasteiger partial charge is 0.378 e. The Balaban J connectivity index is 2.01. The van der Waals surface area contributed by atoms with Gasteiger partial charge in [-0.05, 0) is 37.5 Å². The third-order valence-electron chi connectivity index (χ3n) is 3.25. The molecule has 1 aliphatic heterocycles. The van der Waals surface area contributed by atoms with Crippen LogP contribution >= 0.6 is 0 Å². The second kappa shape index (κ2) is 6.33. The van der Waals surface area contributed by atoms with Gasteiger partial charge in [0.15, 0.2) is 0 Å². The van der Waals surface area contributed by atoms with Gasteiger partial charge in [-0.15, -0.1) is 0 Å². The average Bonchev–Trinajstić information content (AvgIpc) is 2.91. The number of sulfonamides is 1. The monoisotopic (exact) mass is 323 g/mol. The fraction of sp³-hybridized carbons (Fsp3) is 0.538. The van der Waals surface area contributed by atoms with E-state index < -0.39 is 21.8 Å². The van der Waals surface area contributed by atoms with Crippen LogP contribution in [0.15, 0.2) is 29.2 Å². The van der Waals surface area contributed by atoms with Gasteiger partial charge in [-0.1, -0.05) is 6.07 Å². The second-order valence-corrected chi connectivity index (χ2v) is 6.61. The van der Waals surface area contributed by atoms with Crippen molar-refractivity contribution < 1.29 is 26.3 Å². The van der Waals surface area contributed by atoms with Gasteiger partial charge in [0.1, 0.15) is 0 Å². The van der Waals surface area contributed by atoms with Gasteiger partial charge < -0.3 is 4.74 Å². The molecule has 1 fully saturated rings. The maximum absolute atomic E-state index is 12.6. The molecule has 0 bridgehead atoms. The van der Waals surface area contributed by atoms with Crippen molar-refractivity contribution in [2.75, 3.05) is 13.2 Å². The minimum atomic E-state index is -4.57. The van der Waals surface area contributed by atoms with E-state index in [4.69, 9.17) is 4.74 Å². The summed E-state index contributed by atoms with van der Waals surface area (Å²) in [6.07, 6.45) is -2.20. The quantitative estimate of drug-likeness (QED) is 0.906. The molecule has 1 heterocycles. The largest absolute Gasteiger partial charge is 0.416 e. The van der Waals surface area contributed by atoms with E-state index in [0.29, 0.717) is 19.1 Å². The Hall–Kier alpha value is -1.12. The van der Waals surface area contributed by atoms with E-state index in [2.05, 4.69) is 4.72 Å². The summed E-state index contributed by atoms with van der Waals surface area (Å²) in [5.41, 5.74) is -0.982. The molecule has 0 amide bonds. The van der Waals surface area contributed by atoms with Crippen molar-refractivity contribution >= 4 is 10.0 Å². The Kier molecular flexibility index (Phi) is 4.90. The number of ether oxygens (including phenoxy) is 1. The fourth-order valence-electron chi connectivity index (χ4n) is 2.15. The molecule has 0 radical (unpaired) electrons. The highest BCUT2D eigenvalue weighted by molar-refractivity contribution is 7.89. The zero-order valence-corrected chi connectivity index (χ0v) is 12.0. The van der Waals surface area contributed by atoms with E-state index in [1.807, 2.05) is 0 Å². The molecule has 0 unspecified atom stereocenters. The first-order chi connectivity index (χ1) is 9.79. The Morgan fingerprint density at radius 1 is 1.33 bits per heavy atom. The molecule has 1 N–H and O–H groups in total. The predicted molar refractivity (Wildman–Crippen MR) is 70.2 cm³/mol. The van der Waals surface area contributed by atoms with E-state index in [0.717, 1.165) is 31.0 Å². The molecule has 8 heteroatoms. The highest BCUT2D eigenvalue weighted by Crippen LogP contribution is 2.30. The minimum Gasteiger partial charge on any atom is -0.378 e. The van der Waals surface area contributed by atoms with Crippen LogP contribution in [0.5, 0.6) is 0 Å². The zero-order valence-electron chi connectivity index (χ0n) is 11.2. The molecule has 4 nitrogen and oxygen atoms in total. The van der Waals surface area contributed by atoms with Gasteiger partial charge in [0.05, 0.1) is 16.6 Å². The number of benzene rings is 1. The highest BCUT2D eigenvalue weighted by Gasteiger charge is 2.31. The molecule has 118 valence electrons. The van der Waals surface area contributed by atoms with Crippen LogP contribution in [0.3, 0.4) is 0 Å². The van der Waals surface area contributed by atoms with Gasteiger partial charge in [0.2, 0.25) is 10.0 Å². The number of alkyl halides is 3. The lowest BCUT2D eigenvalue weighted by molar-refractivity contribution is -0.137. The summed E-state index contributed by atoms with van der Waals surface area (Å²) >= 11 is 0.